The molecule has 2 aliphatic rings. The third kappa shape index (κ3) is 1.58. The minimum atomic E-state index is -1.53. The average molecular weight is 303 g/mol. The van der Waals surface area contributed by atoms with Gasteiger partial charge < -0.3 is 4.74 Å². The zero-order chi connectivity index (χ0) is 14.0. The lowest BCUT2D eigenvalue weighted by Gasteiger charge is -2.45. The Hall–Kier alpha value is -0.790. The first kappa shape index (κ1) is 13.2. The van der Waals surface area contributed by atoms with Crippen molar-refractivity contribution in [1.29, 1.82) is 0 Å². The van der Waals surface area contributed by atoms with Crippen LogP contribution in [0.2, 0.25) is 0 Å². The molecule has 1 fully saturated rings. The van der Waals surface area contributed by atoms with Crippen molar-refractivity contribution >= 4 is 28.2 Å². The van der Waals surface area contributed by atoms with E-state index >= 15 is 0 Å². The molecule has 0 bridgehead atoms. The molecule has 1 aromatic rings. The van der Waals surface area contributed by atoms with Gasteiger partial charge in [0, 0.05) is 5.38 Å². The van der Waals surface area contributed by atoms with Crippen LogP contribution in [-0.4, -0.2) is 32.4 Å². The molecular weight excluding hydrogens is 289 g/mol. The summed E-state index contributed by atoms with van der Waals surface area (Å²) < 4.78 is 32.3. The number of hydrogen-bond donors (Lipinski definition) is 0. The molecule has 0 N–H and O–H groups in total. The first-order valence-electron chi connectivity index (χ1n) is 5.91. The van der Waals surface area contributed by atoms with Crippen molar-refractivity contribution in [2.75, 3.05) is 13.2 Å². The lowest BCUT2D eigenvalue weighted by atomic mass is 9.97. The van der Waals surface area contributed by atoms with Crippen molar-refractivity contribution in [1.82, 2.24) is 4.31 Å². The van der Waals surface area contributed by atoms with Gasteiger partial charge in [-0.3, -0.25) is 4.79 Å². The first-order chi connectivity index (χ1) is 8.79. The largest absolute Gasteiger partial charge is 0.376 e. The van der Waals surface area contributed by atoms with Gasteiger partial charge in [0.2, 0.25) is 0 Å². The molecule has 7 heteroatoms. The molecule has 1 amide bonds. The van der Waals surface area contributed by atoms with Gasteiger partial charge in [0.05, 0.1) is 28.4 Å². The Balaban J connectivity index is 2.13. The smallest absolute Gasteiger partial charge is 0.270 e. The summed E-state index contributed by atoms with van der Waals surface area (Å²) in [5.41, 5.74) is -0.648. The summed E-state index contributed by atoms with van der Waals surface area (Å²) in [6.07, 6.45) is 0. The summed E-state index contributed by atoms with van der Waals surface area (Å²) in [4.78, 5) is 13.1. The van der Waals surface area contributed by atoms with E-state index in [0.29, 0.717) is 4.88 Å². The van der Waals surface area contributed by atoms with Gasteiger partial charge in [-0.15, -0.1) is 11.3 Å². The van der Waals surface area contributed by atoms with Crippen LogP contribution in [0.1, 0.15) is 36.0 Å². The number of nitrogens with zero attached hydrogens (tertiary/aromatic N) is 1. The van der Waals surface area contributed by atoms with E-state index in [9.17, 15) is 13.4 Å². The van der Waals surface area contributed by atoms with Crippen molar-refractivity contribution in [2.45, 2.75) is 31.1 Å². The fourth-order valence-corrected chi connectivity index (χ4v) is 4.75. The third-order valence-electron chi connectivity index (χ3n) is 3.33. The molecule has 1 unspecified atom stereocenters. The molecule has 3 heterocycles. The number of rotatable bonds is 1. The number of thiophene rings is 1. The quantitative estimate of drug-likeness (QED) is 0.797. The zero-order valence-electron chi connectivity index (χ0n) is 10.9. The molecular formula is C12H14FNO3S2. The first-order valence-corrected chi connectivity index (χ1v) is 7.89. The normalized spacial score (nSPS) is 22.5. The van der Waals surface area contributed by atoms with Gasteiger partial charge in [-0.1, -0.05) is 0 Å². The second-order valence-corrected chi connectivity index (χ2v) is 8.74. The van der Waals surface area contributed by atoms with Crippen molar-refractivity contribution in [3.8, 4) is 0 Å². The van der Waals surface area contributed by atoms with Gasteiger partial charge in [-0.2, -0.15) is 0 Å². The van der Waals surface area contributed by atoms with Crippen molar-refractivity contribution in [3.05, 3.63) is 21.6 Å². The minimum Gasteiger partial charge on any atom is -0.376 e. The molecule has 1 aromatic heterocycles. The van der Waals surface area contributed by atoms with E-state index in [0.717, 1.165) is 0 Å². The van der Waals surface area contributed by atoms with Crippen molar-refractivity contribution in [3.63, 3.8) is 0 Å². The lowest BCUT2D eigenvalue weighted by molar-refractivity contribution is -0.0977. The number of ether oxygens (including phenoxy) is 1. The number of hydrogen-bond acceptors (Lipinski definition) is 4. The highest BCUT2D eigenvalue weighted by Gasteiger charge is 2.60. The molecule has 0 aliphatic carbocycles. The minimum absolute atomic E-state index is 0.0749. The highest BCUT2D eigenvalue weighted by molar-refractivity contribution is 7.84. The molecule has 0 saturated carbocycles. The Labute approximate surface area is 117 Å². The Morgan fingerprint density at radius 1 is 1.47 bits per heavy atom. The monoisotopic (exact) mass is 303 g/mol. The van der Waals surface area contributed by atoms with E-state index in [1.165, 1.54) is 21.0 Å². The molecule has 1 saturated heterocycles. The van der Waals surface area contributed by atoms with Crippen LogP contribution in [0.5, 0.6) is 0 Å². The van der Waals surface area contributed by atoms with E-state index in [1.54, 1.807) is 20.8 Å². The Bertz CT molecular complexity index is 586. The molecule has 3 rings (SSSR count). The molecule has 0 radical (unpaired) electrons. The SMILES string of the molecule is CC(C)(C)S(=O)N1C(=O)c2c(F)csc2C12COC2. The highest BCUT2D eigenvalue weighted by atomic mass is 32.2. The lowest BCUT2D eigenvalue weighted by Crippen LogP contribution is -2.59. The molecule has 4 nitrogen and oxygen atoms in total. The van der Waals surface area contributed by atoms with E-state index in [-0.39, 0.29) is 18.8 Å². The molecule has 104 valence electrons. The van der Waals surface area contributed by atoms with Crippen molar-refractivity contribution in [2.24, 2.45) is 0 Å². The fraction of sp³-hybridized carbons (Fsp3) is 0.583. The predicted octanol–water partition coefficient (Wildman–Crippen LogP) is 2.03. The second-order valence-electron chi connectivity index (χ2n) is 5.77. The van der Waals surface area contributed by atoms with Crippen LogP contribution in [0.3, 0.4) is 0 Å². The van der Waals surface area contributed by atoms with Crippen LogP contribution < -0.4 is 0 Å². The summed E-state index contributed by atoms with van der Waals surface area (Å²) in [7, 11) is -1.53. The molecule has 1 spiro atoms. The van der Waals surface area contributed by atoms with E-state index in [1.807, 2.05) is 0 Å². The van der Waals surface area contributed by atoms with Crippen LogP contribution in [0, 0.1) is 5.82 Å². The van der Waals surface area contributed by atoms with Crippen LogP contribution in [0.4, 0.5) is 4.39 Å². The van der Waals surface area contributed by atoms with Gasteiger partial charge >= 0.3 is 0 Å². The Morgan fingerprint density at radius 2 is 2.11 bits per heavy atom. The van der Waals surface area contributed by atoms with Gasteiger partial charge in [0.15, 0.2) is 0 Å². The topological polar surface area (TPSA) is 46.6 Å². The fourth-order valence-electron chi connectivity index (χ4n) is 2.32. The summed E-state index contributed by atoms with van der Waals surface area (Å²) in [6, 6.07) is 0. The number of amides is 1. The van der Waals surface area contributed by atoms with Crippen LogP contribution >= 0.6 is 11.3 Å². The van der Waals surface area contributed by atoms with E-state index in [2.05, 4.69) is 0 Å². The molecule has 2 aliphatic heterocycles. The van der Waals surface area contributed by atoms with E-state index in [4.69, 9.17) is 4.74 Å². The Kier molecular flexibility index (Phi) is 2.69. The standard InChI is InChI=1S/C12H14FNO3S2/c1-11(2,3)19(16)14-10(15)8-7(13)4-18-9(8)12(14)5-17-6-12/h4H,5-6H2,1-3H3. The predicted molar refractivity (Wildman–Crippen MR) is 70.8 cm³/mol. The van der Waals surface area contributed by atoms with Gasteiger partial charge in [-0.05, 0) is 20.8 Å². The number of carbonyl (C=O) groups excluding carboxylic acids is 1. The maximum atomic E-state index is 13.8. The Morgan fingerprint density at radius 3 is 2.58 bits per heavy atom. The number of halogens is 1. The third-order valence-corrected chi connectivity index (χ3v) is 6.37. The highest BCUT2D eigenvalue weighted by Crippen LogP contribution is 2.49. The second kappa shape index (κ2) is 3.86. The van der Waals surface area contributed by atoms with Gasteiger partial charge in [-0.25, -0.2) is 12.9 Å². The van der Waals surface area contributed by atoms with E-state index < -0.39 is 33.0 Å². The molecule has 1 atom stereocenters. The zero-order valence-corrected chi connectivity index (χ0v) is 12.5. The van der Waals surface area contributed by atoms with Gasteiger partial charge in [0.25, 0.3) is 5.91 Å². The summed E-state index contributed by atoms with van der Waals surface area (Å²) in [5.74, 6) is -1.00. The van der Waals surface area contributed by atoms with Crippen LogP contribution in [-0.2, 0) is 21.3 Å². The molecule has 0 aromatic carbocycles. The van der Waals surface area contributed by atoms with Crippen LogP contribution in [0.15, 0.2) is 5.38 Å². The maximum absolute atomic E-state index is 13.8. The average Bonchev–Trinajstić information content (AvgIpc) is 2.73. The molecule has 19 heavy (non-hydrogen) atoms. The summed E-state index contributed by atoms with van der Waals surface area (Å²) in [5, 5.41) is 1.33. The number of carbonyl (C=O) groups is 1. The van der Waals surface area contributed by atoms with Gasteiger partial charge in [0.1, 0.15) is 22.3 Å². The maximum Gasteiger partial charge on any atom is 0.270 e. The summed E-state index contributed by atoms with van der Waals surface area (Å²) in [6.45, 7) is 5.96. The van der Waals surface area contributed by atoms with Crippen molar-refractivity contribution < 1.29 is 18.1 Å². The van der Waals surface area contributed by atoms with Crippen LogP contribution in [0.25, 0.3) is 0 Å². The summed E-state index contributed by atoms with van der Waals surface area (Å²) >= 11 is 1.21. The number of fused-ring (bicyclic) bond motifs is 2.